The quantitative estimate of drug-likeness (QED) is 0.353. The van der Waals surface area contributed by atoms with Crippen LogP contribution in [0.1, 0.15) is 76.1 Å². The Hall–Kier alpha value is -2.29. The highest BCUT2D eigenvalue weighted by Crippen LogP contribution is 2.54. The topological polar surface area (TPSA) is 89.5 Å². The van der Waals surface area contributed by atoms with E-state index in [0.717, 1.165) is 67.4 Å². The van der Waals surface area contributed by atoms with Gasteiger partial charge in [-0.05, 0) is 113 Å². The van der Waals surface area contributed by atoms with Crippen LogP contribution in [0.2, 0.25) is 0 Å². The number of nitrogens with zero attached hydrogens (tertiary/aromatic N) is 2. The molecule has 3 fully saturated rings. The van der Waals surface area contributed by atoms with Gasteiger partial charge in [-0.15, -0.1) is 0 Å². The average Bonchev–Trinajstić information content (AvgIpc) is 3.59. The van der Waals surface area contributed by atoms with Gasteiger partial charge in [-0.25, -0.2) is 4.98 Å². The second kappa shape index (κ2) is 9.88. The molecule has 1 aromatic carbocycles. The largest absolute Gasteiger partial charge is 0.394 e. The molecule has 1 amide bonds. The Morgan fingerprint density at radius 3 is 2.44 bits per heavy atom. The maximum Gasteiger partial charge on any atom is 0.259 e. The first-order valence-electron chi connectivity index (χ1n) is 13.2. The van der Waals surface area contributed by atoms with Crippen molar-refractivity contribution in [1.82, 2.24) is 9.71 Å². The normalized spacial score (nSPS) is 20.1. The summed E-state index contributed by atoms with van der Waals surface area (Å²) in [6.45, 7) is 8.31. The van der Waals surface area contributed by atoms with E-state index in [1.165, 1.54) is 12.8 Å². The first kappa shape index (κ1) is 25.4. The Kier molecular flexibility index (Phi) is 6.96. The van der Waals surface area contributed by atoms with Crippen molar-refractivity contribution >= 4 is 35.2 Å². The van der Waals surface area contributed by atoms with Crippen molar-refractivity contribution in [1.29, 1.82) is 0 Å². The van der Waals surface area contributed by atoms with E-state index in [4.69, 9.17) is 4.98 Å². The number of rotatable bonds is 8. The summed E-state index contributed by atoms with van der Waals surface area (Å²) in [5.74, 6) is 1.32. The van der Waals surface area contributed by atoms with Crippen LogP contribution in [0.5, 0.6) is 0 Å². The van der Waals surface area contributed by atoms with Crippen LogP contribution in [-0.4, -0.2) is 46.8 Å². The Balaban J connectivity index is 1.36. The molecular weight excluding hydrogens is 470 g/mol. The Morgan fingerprint density at radius 2 is 1.83 bits per heavy atom. The van der Waals surface area contributed by atoms with E-state index < -0.39 is 0 Å². The molecule has 0 bridgehead atoms. The SMILES string of the molecule is CC(C)(C)NSc1cccc(NC(=O)c2ccc(NC3(CO)CCC3)nc2N2CCC3(CC2)CC3)c1. The van der Waals surface area contributed by atoms with Crippen molar-refractivity contribution in [3.05, 3.63) is 42.0 Å². The van der Waals surface area contributed by atoms with Gasteiger partial charge in [0.1, 0.15) is 11.6 Å². The van der Waals surface area contributed by atoms with Crippen molar-refractivity contribution < 1.29 is 9.90 Å². The van der Waals surface area contributed by atoms with Crippen LogP contribution in [0.15, 0.2) is 41.3 Å². The zero-order valence-corrected chi connectivity index (χ0v) is 22.5. The van der Waals surface area contributed by atoms with Gasteiger partial charge in [-0.1, -0.05) is 6.07 Å². The minimum absolute atomic E-state index is 0.0121. The predicted molar refractivity (Wildman–Crippen MR) is 148 cm³/mol. The first-order valence-corrected chi connectivity index (χ1v) is 14.0. The molecule has 1 saturated heterocycles. The minimum Gasteiger partial charge on any atom is -0.394 e. The van der Waals surface area contributed by atoms with E-state index in [2.05, 4.69) is 41.0 Å². The first-order chi connectivity index (χ1) is 17.2. The van der Waals surface area contributed by atoms with Gasteiger partial charge in [-0.3, -0.25) is 9.52 Å². The number of benzene rings is 1. The van der Waals surface area contributed by atoms with Crippen LogP contribution in [0, 0.1) is 5.41 Å². The van der Waals surface area contributed by atoms with Crippen LogP contribution in [0.4, 0.5) is 17.3 Å². The number of aliphatic hydroxyl groups excluding tert-OH is 1. The van der Waals surface area contributed by atoms with Crippen molar-refractivity contribution in [3.8, 4) is 0 Å². The van der Waals surface area contributed by atoms with Crippen molar-refractivity contribution in [3.63, 3.8) is 0 Å². The van der Waals surface area contributed by atoms with E-state index in [-0.39, 0.29) is 23.6 Å². The molecule has 194 valence electrons. The summed E-state index contributed by atoms with van der Waals surface area (Å²) in [6, 6.07) is 11.7. The molecule has 1 aliphatic heterocycles. The smallest absolute Gasteiger partial charge is 0.259 e. The third-order valence-electron chi connectivity index (χ3n) is 7.77. The maximum absolute atomic E-state index is 13.5. The Bertz CT molecular complexity index is 1090. The number of pyridine rings is 1. The number of nitrogens with one attached hydrogen (secondary N) is 3. The molecule has 0 unspecified atom stereocenters. The van der Waals surface area contributed by atoms with E-state index in [9.17, 15) is 9.90 Å². The standard InChI is InChI=1S/C28H39N5O2S/c1-26(2,3)32-36-21-7-4-6-20(18-21)29-25(35)22-8-9-23(31-28(19-34)10-5-11-28)30-24(22)33-16-14-27(12-13-27)15-17-33/h4,6-9,18,32,34H,5,10-17,19H2,1-3H3,(H,29,35)(H,30,31). The Morgan fingerprint density at radius 1 is 1.08 bits per heavy atom. The molecular formula is C28H39N5O2S. The molecule has 4 N–H and O–H groups in total. The maximum atomic E-state index is 13.5. The molecule has 1 spiro atoms. The molecule has 1 aromatic heterocycles. The second-order valence-corrected chi connectivity index (χ2v) is 12.8. The zero-order chi connectivity index (χ0) is 25.4. The summed E-state index contributed by atoms with van der Waals surface area (Å²) in [5, 5.41) is 16.5. The van der Waals surface area contributed by atoms with E-state index in [1.54, 1.807) is 11.9 Å². The monoisotopic (exact) mass is 509 g/mol. The second-order valence-electron chi connectivity index (χ2n) is 11.9. The molecule has 2 aromatic rings. The van der Waals surface area contributed by atoms with Gasteiger partial charge in [0.25, 0.3) is 5.91 Å². The molecule has 7 nitrogen and oxygen atoms in total. The van der Waals surface area contributed by atoms with E-state index >= 15 is 0 Å². The molecule has 5 rings (SSSR count). The minimum atomic E-state index is -0.285. The van der Waals surface area contributed by atoms with Gasteiger partial charge in [0.15, 0.2) is 0 Å². The van der Waals surface area contributed by atoms with E-state index in [0.29, 0.717) is 11.0 Å². The molecule has 2 heterocycles. The fraction of sp³-hybridized carbons (Fsp3) is 0.571. The van der Waals surface area contributed by atoms with E-state index in [1.807, 2.05) is 36.4 Å². The number of aromatic nitrogens is 1. The average molecular weight is 510 g/mol. The van der Waals surface area contributed by atoms with Crippen LogP contribution in [0.3, 0.4) is 0 Å². The van der Waals surface area contributed by atoms with Gasteiger partial charge in [0.2, 0.25) is 0 Å². The summed E-state index contributed by atoms with van der Waals surface area (Å²) >= 11 is 1.56. The summed E-state index contributed by atoms with van der Waals surface area (Å²) in [6.07, 6.45) is 7.97. The van der Waals surface area contributed by atoms with Crippen LogP contribution in [-0.2, 0) is 0 Å². The third-order valence-corrected chi connectivity index (χ3v) is 8.98. The van der Waals surface area contributed by atoms with Crippen LogP contribution < -0.4 is 20.3 Å². The number of amides is 1. The number of hydrogen-bond donors (Lipinski definition) is 4. The number of carbonyl (C=O) groups is 1. The van der Waals surface area contributed by atoms with Gasteiger partial charge in [0, 0.05) is 29.2 Å². The molecule has 36 heavy (non-hydrogen) atoms. The lowest BCUT2D eigenvalue weighted by Gasteiger charge is -2.41. The highest BCUT2D eigenvalue weighted by Gasteiger charge is 2.45. The van der Waals surface area contributed by atoms with Gasteiger partial charge in [0.05, 0.1) is 17.7 Å². The fourth-order valence-corrected chi connectivity index (χ4v) is 5.81. The van der Waals surface area contributed by atoms with Crippen molar-refractivity contribution in [2.24, 2.45) is 5.41 Å². The number of hydrogen-bond acceptors (Lipinski definition) is 7. The lowest BCUT2D eigenvalue weighted by molar-refractivity contribution is 0.102. The number of aliphatic hydroxyl groups is 1. The molecule has 8 heteroatoms. The highest BCUT2D eigenvalue weighted by atomic mass is 32.2. The highest BCUT2D eigenvalue weighted by molar-refractivity contribution is 7.97. The van der Waals surface area contributed by atoms with Crippen LogP contribution >= 0.6 is 11.9 Å². The number of anilines is 3. The predicted octanol–water partition coefficient (Wildman–Crippen LogP) is 5.44. The van der Waals surface area contributed by atoms with Crippen molar-refractivity contribution in [2.45, 2.75) is 81.7 Å². The number of piperidine rings is 1. The van der Waals surface area contributed by atoms with Gasteiger partial charge in [-0.2, -0.15) is 0 Å². The lowest BCUT2D eigenvalue weighted by atomic mass is 9.77. The summed E-state index contributed by atoms with van der Waals surface area (Å²) in [5.41, 5.74) is 1.60. The van der Waals surface area contributed by atoms with Crippen molar-refractivity contribution in [2.75, 3.05) is 35.2 Å². The lowest BCUT2D eigenvalue weighted by Crippen LogP contribution is -2.48. The molecule has 3 aliphatic rings. The fourth-order valence-electron chi connectivity index (χ4n) is 5.05. The van der Waals surface area contributed by atoms with Gasteiger partial charge < -0.3 is 20.6 Å². The molecule has 0 atom stereocenters. The molecule has 0 radical (unpaired) electrons. The van der Waals surface area contributed by atoms with Crippen LogP contribution in [0.25, 0.3) is 0 Å². The van der Waals surface area contributed by atoms with Gasteiger partial charge >= 0.3 is 0 Å². The number of carbonyl (C=O) groups excluding carboxylic acids is 1. The summed E-state index contributed by atoms with van der Waals surface area (Å²) in [4.78, 5) is 21.8. The third kappa shape index (κ3) is 5.82. The summed E-state index contributed by atoms with van der Waals surface area (Å²) < 4.78 is 3.42. The molecule has 2 saturated carbocycles. The Labute approximate surface area is 219 Å². The zero-order valence-electron chi connectivity index (χ0n) is 21.7. The summed E-state index contributed by atoms with van der Waals surface area (Å²) in [7, 11) is 0. The molecule has 2 aliphatic carbocycles.